The minimum Gasteiger partial charge on any atom is -0.398 e. The number of hydrogen-bond acceptors (Lipinski definition) is 4. The summed E-state index contributed by atoms with van der Waals surface area (Å²) in [5.74, 6) is -0.400. The molecule has 1 aromatic carbocycles. The normalized spacial score (nSPS) is 16.5. The average molecular weight is 294 g/mol. The van der Waals surface area contributed by atoms with Crippen molar-refractivity contribution in [3.63, 3.8) is 0 Å². The second-order valence-electron chi connectivity index (χ2n) is 5.95. The lowest BCUT2D eigenvalue weighted by atomic mass is 9.95. The summed E-state index contributed by atoms with van der Waals surface area (Å²) in [5, 5.41) is 0. The number of carbonyl (C=O) groups excluding carboxylic acids is 1. The molecule has 6 heteroatoms. The Balaban J connectivity index is 2.13. The first-order valence-electron chi connectivity index (χ1n) is 7.17. The van der Waals surface area contributed by atoms with E-state index >= 15 is 0 Å². The molecule has 4 N–H and O–H groups in total. The summed E-state index contributed by atoms with van der Waals surface area (Å²) < 4.78 is 14.1. The molecule has 1 saturated heterocycles. The van der Waals surface area contributed by atoms with Crippen molar-refractivity contribution in [3.05, 3.63) is 23.5 Å². The molecule has 116 valence electrons. The molecule has 5 nitrogen and oxygen atoms in total. The van der Waals surface area contributed by atoms with E-state index in [9.17, 15) is 9.18 Å². The fourth-order valence-corrected chi connectivity index (χ4v) is 2.91. The van der Waals surface area contributed by atoms with Gasteiger partial charge in [0.15, 0.2) is 0 Å². The van der Waals surface area contributed by atoms with Gasteiger partial charge in [0.25, 0.3) is 5.91 Å². The molecular formula is C15H23FN4O. The van der Waals surface area contributed by atoms with Crippen LogP contribution in [0.4, 0.5) is 15.8 Å². The number of amides is 1. The lowest BCUT2D eigenvalue weighted by Crippen LogP contribution is -2.37. The lowest BCUT2D eigenvalue weighted by Gasteiger charge is -2.35. The largest absolute Gasteiger partial charge is 0.398 e. The molecule has 1 fully saturated rings. The molecule has 0 saturated carbocycles. The molecule has 1 aliphatic heterocycles. The number of nitrogens with zero attached hydrogens (tertiary/aromatic N) is 2. The first-order chi connectivity index (χ1) is 9.88. The Morgan fingerprint density at radius 3 is 2.52 bits per heavy atom. The summed E-state index contributed by atoms with van der Waals surface area (Å²) in [7, 11) is 4.12. The quantitative estimate of drug-likeness (QED) is 0.820. The summed E-state index contributed by atoms with van der Waals surface area (Å²) in [6.07, 6.45) is 2.02. The number of nitrogens with two attached hydrogens (primary N) is 2. The molecule has 2 rings (SSSR count). The highest BCUT2D eigenvalue weighted by atomic mass is 19.1. The van der Waals surface area contributed by atoms with Crippen molar-refractivity contribution < 1.29 is 9.18 Å². The van der Waals surface area contributed by atoms with Crippen molar-refractivity contribution in [2.75, 3.05) is 44.4 Å². The predicted octanol–water partition coefficient (Wildman–Crippen LogP) is 1.28. The van der Waals surface area contributed by atoms with E-state index < -0.39 is 11.7 Å². The molecule has 0 unspecified atom stereocenters. The van der Waals surface area contributed by atoms with Gasteiger partial charge >= 0.3 is 0 Å². The van der Waals surface area contributed by atoms with Crippen molar-refractivity contribution in [3.8, 4) is 0 Å². The summed E-state index contributed by atoms with van der Waals surface area (Å²) in [6.45, 7) is 2.60. The first-order valence-corrected chi connectivity index (χ1v) is 7.17. The summed E-state index contributed by atoms with van der Waals surface area (Å²) >= 11 is 0. The smallest absolute Gasteiger partial charge is 0.250 e. The second kappa shape index (κ2) is 6.30. The van der Waals surface area contributed by atoms with Gasteiger partial charge in [0.05, 0.1) is 11.3 Å². The Kier molecular flexibility index (Phi) is 4.67. The highest BCUT2D eigenvalue weighted by molar-refractivity contribution is 5.99. The van der Waals surface area contributed by atoms with E-state index in [-0.39, 0.29) is 11.3 Å². The molecule has 21 heavy (non-hydrogen) atoms. The number of piperidine rings is 1. The Labute approximate surface area is 124 Å². The van der Waals surface area contributed by atoms with Crippen molar-refractivity contribution in [2.24, 2.45) is 11.7 Å². The van der Waals surface area contributed by atoms with Crippen LogP contribution in [0.2, 0.25) is 0 Å². The van der Waals surface area contributed by atoms with Gasteiger partial charge in [0.1, 0.15) is 5.82 Å². The van der Waals surface area contributed by atoms with Gasteiger partial charge in [-0.15, -0.1) is 0 Å². The van der Waals surface area contributed by atoms with Crippen molar-refractivity contribution in [1.82, 2.24) is 4.90 Å². The molecule has 0 aromatic heterocycles. The standard InChI is InChI=1S/C15H23FN4O/c1-19(2)9-10-3-5-20(6-4-10)14-7-11(15(18)21)13(17)8-12(14)16/h7-8,10H,3-6,9,17H2,1-2H3,(H2,18,21). The highest BCUT2D eigenvalue weighted by Crippen LogP contribution is 2.29. The van der Waals surface area contributed by atoms with Gasteiger partial charge in [-0.1, -0.05) is 0 Å². The summed E-state index contributed by atoms with van der Waals surface area (Å²) in [6, 6.07) is 2.65. The third-order valence-corrected chi connectivity index (χ3v) is 3.96. The number of halogens is 1. The van der Waals surface area contributed by atoms with E-state index in [1.54, 1.807) is 0 Å². The van der Waals surface area contributed by atoms with E-state index in [0.29, 0.717) is 11.6 Å². The molecule has 1 aliphatic rings. The van der Waals surface area contributed by atoms with Crippen LogP contribution in [0.1, 0.15) is 23.2 Å². The van der Waals surface area contributed by atoms with Gasteiger partial charge < -0.3 is 21.3 Å². The van der Waals surface area contributed by atoms with Crippen molar-refractivity contribution in [1.29, 1.82) is 0 Å². The van der Waals surface area contributed by atoms with Crippen LogP contribution in [0.5, 0.6) is 0 Å². The summed E-state index contributed by atoms with van der Waals surface area (Å²) in [4.78, 5) is 15.5. The van der Waals surface area contributed by atoms with Crippen molar-refractivity contribution >= 4 is 17.3 Å². The molecule has 0 radical (unpaired) electrons. The van der Waals surface area contributed by atoms with Crippen LogP contribution in [-0.4, -0.2) is 44.5 Å². The minimum absolute atomic E-state index is 0.0891. The van der Waals surface area contributed by atoms with Crippen LogP contribution < -0.4 is 16.4 Å². The van der Waals surface area contributed by atoms with Gasteiger partial charge in [-0.25, -0.2) is 4.39 Å². The van der Waals surface area contributed by atoms with E-state index in [1.165, 1.54) is 12.1 Å². The van der Waals surface area contributed by atoms with Crippen molar-refractivity contribution in [2.45, 2.75) is 12.8 Å². The number of carbonyl (C=O) groups is 1. The average Bonchev–Trinajstić information content (AvgIpc) is 2.39. The third-order valence-electron chi connectivity index (χ3n) is 3.96. The van der Waals surface area contributed by atoms with Crippen LogP contribution in [0.25, 0.3) is 0 Å². The van der Waals surface area contributed by atoms with Crippen LogP contribution in [0, 0.1) is 11.7 Å². The SMILES string of the molecule is CN(C)CC1CCN(c2cc(C(N)=O)c(N)cc2F)CC1. The second-order valence-corrected chi connectivity index (χ2v) is 5.95. The van der Waals surface area contributed by atoms with Gasteiger partial charge in [0, 0.05) is 25.3 Å². The molecule has 0 aliphatic carbocycles. The zero-order valence-corrected chi connectivity index (χ0v) is 12.6. The number of primary amides is 1. The number of anilines is 2. The van der Waals surface area contributed by atoms with E-state index in [2.05, 4.69) is 19.0 Å². The van der Waals surface area contributed by atoms with Crippen LogP contribution in [-0.2, 0) is 0 Å². The Morgan fingerprint density at radius 1 is 1.38 bits per heavy atom. The predicted molar refractivity (Wildman–Crippen MR) is 82.8 cm³/mol. The minimum atomic E-state index is -0.628. The van der Waals surface area contributed by atoms with E-state index in [1.807, 2.05) is 4.90 Å². The zero-order chi connectivity index (χ0) is 15.6. The third kappa shape index (κ3) is 3.64. The van der Waals surface area contributed by atoms with Gasteiger partial charge in [-0.2, -0.15) is 0 Å². The molecule has 1 heterocycles. The molecule has 0 spiro atoms. The Hall–Kier alpha value is -1.82. The maximum absolute atomic E-state index is 14.1. The van der Waals surface area contributed by atoms with Gasteiger partial charge in [-0.05, 0) is 45.0 Å². The fourth-order valence-electron chi connectivity index (χ4n) is 2.91. The topological polar surface area (TPSA) is 75.6 Å². The van der Waals surface area contributed by atoms with Crippen LogP contribution in [0.15, 0.2) is 12.1 Å². The molecule has 0 bridgehead atoms. The number of rotatable bonds is 4. The van der Waals surface area contributed by atoms with E-state index in [0.717, 1.165) is 32.5 Å². The molecular weight excluding hydrogens is 271 g/mol. The highest BCUT2D eigenvalue weighted by Gasteiger charge is 2.23. The maximum atomic E-state index is 14.1. The first kappa shape index (κ1) is 15.6. The Morgan fingerprint density at radius 2 is 2.00 bits per heavy atom. The number of nitrogen functional groups attached to an aromatic ring is 1. The van der Waals surface area contributed by atoms with Crippen LogP contribution in [0.3, 0.4) is 0 Å². The van der Waals surface area contributed by atoms with Crippen LogP contribution >= 0.6 is 0 Å². The molecule has 0 atom stereocenters. The number of hydrogen-bond donors (Lipinski definition) is 2. The zero-order valence-electron chi connectivity index (χ0n) is 12.6. The van der Waals surface area contributed by atoms with E-state index in [4.69, 9.17) is 11.5 Å². The summed E-state index contributed by atoms with van der Waals surface area (Å²) in [5.41, 5.74) is 11.6. The molecule has 1 amide bonds. The van der Waals surface area contributed by atoms with Gasteiger partial charge in [-0.3, -0.25) is 4.79 Å². The Bertz CT molecular complexity index is 525. The monoisotopic (exact) mass is 294 g/mol. The molecule has 1 aromatic rings. The maximum Gasteiger partial charge on any atom is 0.250 e. The van der Waals surface area contributed by atoms with Gasteiger partial charge in [0.2, 0.25) is 0 Å². The number of benzene rings is 1. The fraction of sp³-hybridized carbons (Fsp3) is 0.533. The lowest BCUT2D eigenvalue weighted by molar-refractivity contribution is 0.100.